The molecule has 1 aromatic carbocycles. The lowest BCUT2D eigenvalue weighted by Crippen LogP contribution is -2.06. The number of aromatic nitrogens is 1. The smallest absolute Gasteiger partial charge is 0.417 e. The Balaban J connectivity index is 1.94. The number of rotatable bonds is 7. The quantitative estimate of drug-likeness (QED) is 0.404. The zero-order valence-electron chi connectivity index (χ0n) is 13.5. The van der Waals surface area contributed by atoms with E-state index < -0.39 is 11.7 Å². The van der Waals surface area contributed by atoms with Gasteiger partial charge in [0.05, 0.1) is 23.4 Å². The van der Waals surface area contributed by atoms with E-state index in [1.165, 1.54) is 6.21 Å². The molecule has 0 atom stereocenters. The molecular weight excluding hydrogens is 355 g/mol. The number of nitrogens with zero attached hydrogens (tertiary/aromatic N) is 2. The predicted molar refractivity (Wildman–Crippen MR) is 92.3 cm³/mol. The molecule has 0 saturated heterocycles. The van der Waals surface area contributed by atoms with E-state index in [9.17, 15) is 13.2 Å². The van der Waals surface area contributed by atoms with E-state index in [-0.39, 0.29) is 10.8 Å². The van der Waals surface area contributed by atoms with Gasteiger partial charge in [-0.2, -0.15) is 18.3 Å². The third-order valence-corrected chi connectivity index (χ3v) is 3.49. The van der Waals surface area contributed by atoms with E-state index in [0.717, 1.165) is 30.2 Å². The number of halogens is 4. The minimum absolute atomic E-state index is 0.0467. The molecule has 2 aromatic rings. The van der Waals surface area contributed by atoms with Gasteiger partial charge in [-0.15, -0.1) is 0 Å². The third-order valence-electron chi connectivity index (χ3n) is 3.20. The number of nitrogens with one attached hydrogen (secondary N) is 1. The number of hydrogen-bond acceptors (Lipinski definition) is 4. The molecule has 0 spiro atoms. The van der Waals surface area contributed by atoms with Crippen molar-refractivity contribution in [3.8, 4) is 5.75 Å². The second kappa shape index (κ2) is 8.71. The molecule has 0 saturated carbocycles. The van der Waals surface area contributed by atoms with Gasteiger partial charge in [0.15, 0.2) is 5.82 Å². The van der Waals surface area contributed by atoms with Crippen LogP contribution in [0, 0.1) is 0 Å². The first-order valence-corrected chi connectivity index (χ1v) is 8.02. The lowest BCUT2D eigenvalue weighted by Gasteiger charge is -2.08. The number of ether oxygens (including phenoxy) is 1. The molecule has 8 heteroatoms. The lowest BCUT2D eigenvalue weighted by molar-refractivity contribution is -0.137. The highest BCUT2D eigenvalue weighted by Crippen LogP contribution is 2.32. The predicted octanol–water partition coefficient (Wildman–Crippen LogP) is 5.38. The Bertz CT molecular complexity index is 718. The zero-order valence-corrected chi connectivity index (χ0v) is 14.2. The molecule has 4 nitrogen and oxygen atoms in total. The van der Waals surface area contributed by atoms with Gasteiger partial charge in [-0.05, 0) is 42.3 Å². The Labute approximate surface area is 148 Å². The highest BCUT2D eigenvalue weighted by Gasteiger charge is 2.31. The van der Waals surface area contributed by atoms with Crippen LogP contribution in [0.4, 0.5) is 19.0 Å². The number of pyridine rings is 1. The second-order valence-electron chi connectivity index (χ2n) is 5.19. The highest BCUT2D eigenvalue weighted by molar-refractivity contribution is 6.32. The molecule has 134 valence electrons. The van der Waals surface area contributed by atoms with Crippen LogP contribution in [-0.2, 0) is 6.18 Å². The van der Waals surface area contributed by atoms with Crippen molar-refractivity contribution in [1.82, 2.24) is 4.98 Å². The Morgan fingerprint density at radius 3 is 2.60 bits per heavy atom. The molecule has 25 heavy (non-hydrogen) atoms. The minimum atomic E-state index is -4.49. The Kier molecular flexibility index (Phi) is 6.64. The van der Waals surface area contributed by atoms with Crippen molar-refractivity contribution in [2.45, 2.75) is 25.9 Å². The van der Waals surface area contributed by atoms with Crippen molar-refractivity contribution in [2.24, 2.45) is 5.10 Å². The van der Waals surface area contributed by atoms with Crippen LogP contribution in [0.1, 0.15) is 30.9 Å². The van der Waals surface area contributed by atoms with Gasteiger partial charge in [0, 0.05) is 6.20 Å². The van der Waals surface area contributed by atoms with Crippen LogP contribution in [0.15, 0.2) is 41.6 Å². The minimum Gasteiger partial charge on any atom is -0.494 e. The summed E-state index contributed by atoms with van der Waals surface area (Å²) in [6.07, 6.45) is -0.220. The normalized spacial score (nSPS) is 11.7. The molecule has 0 unspecified atom stereocenters. The number of hydrazone groups is 1. The van der Waals surface area contributed by atoms with E-state index in [2.05, 4.69) is 22.4 Å². The molecule has 1 heterocycles. The maximum atomic E-state index is 12.5. The van der Waals surface area contributed by atoms with Gasteiger partial charge in [-0.3, -0.25) is 5.43 Å². The fraction of sp³-hybridized carbons (Fsp3) is 0.294. The summed E-state index contributed by atoms with van der Waals surface area (Å²) in [5.74, 6) is 0.816. The first-order valence-electron chi connectivity index (χ1n) is 7.65. The van der Waals surface area contributed by atoms with Gasteiger partial charge in [0.25, 0.3) is 0 Å². The van der Waals surface area contributed by atoms with E-state index in [1.54, 1.807) is 0 Å². The fourth-order valence-corrected chi connectivity index (χ4v) is 2.04. The highest BCUT2D eigenvalue weighted by atomic mass is 35.5. The first kappa shape index (κ1) is 19.1. The van der Waals surface area contributed by atoms with Crippen LogP contribution in [0.5, 0.6) is 5.75 Å². The van der Waals surface area contributed by atoms with Gasteiger partial charge in [0.2, 0.25) is 0 Å². The van der Waals surface area contributed by atoms with Gasteiger partial charge in [0.1, 0.15) is 5.75 Å². The van der Waals surface area contributed by atoms with Crippen LogP contribution in [0.2, 0.25) is 5.02 Å². The average molecular weight is 372 g/mol. The summed E-state index contributed by atoms with van der Waals surface area (Å²) >= 11 is 5.78. The molecule has 0 fully saturated rings. The molecule has 0 radical (unpaired) electrons. The molecule has 0 amide bonds. The summed E-state index contributed by atoms with van der Waals surface area (Å²) in [6, 6.07) is 8.07. The summed E-state index contributed by atoms with van der Waals surface area (Å²) in [5, 5.41) is 3.77. The molecule has 2 rings (SSSR count). The molecule has 0 aliphatic heterocycles. The maximum Gasteiger partial charge on any atom is 0.417 e. The van der Waals surface area contributed by atoms with Gasteiger partial charge in [-0.1, -0.05) is 24.9 Å². The number of unbranched alkanes of at least 4 members (excludes halogenated alkanes) is 1. The number of hydrogen-bond donors (Lipinski definition) is 1. The summed E-state index contributed by atoms with van der Waals surface area (Å²) in [4.78, 5) is 3.63. The maximum absolute atomic E-state index is 12.5. The van der Waals surface area contributed by atoms with Crippen LogP contribution in [0.25, 0.3) is 0 Å². The molecule has 0 bridgehead atoms. The molecular formula is C17H17ClF3N3O. The zero-order chi connectivity index (χ0) is 18.3. The number of anilines is 1. The summed E-state index contributed by atoms with van der Waals surface area (Å²) in [7, 11) is 0. The number of alkyl halides is 3. The Morgan fingerprint density at radius 1 is 1.28 bits per heavy atom. The monoisotopic (exact) mass is 371 g/mol. The topological polar surface area (TPSA) is 46.5 Å². The van der Waals surface area contributed by atoms with Gasteiger partial charge < -0.3 is 4.74 Å². The van der Waals surface area contributed by atoms with E-state index in [1.807, 2.05) is 24.3 Å². The van der Waals surface area contributed by atoms with E-state index in [4.69, 9.17) is 16.3 Å². The summed E-state index contributed by atoms with van der Waals surface area (Å²) in [5.41, 5.74) is 2.40. The summed E-state index contributed by atoms with van der Waals surface area (Å²) < 4.78 is 43.2. The van der Waals surface area contributed by atoms with Crippen molar-refractivity contribution in [2.75, 3.05) is 12.0 Å². The van der Waals surface area contributed by atoms with Crippen LogP contribution < -0.4 is 10.2 Å². The molecule has 1 N–H and O–H groups in total. The number of benzene rings is 1. The molecule has 1 aromatic heterocycles. The standard InChI is InChI=1S/C17H17ClF3N3O/c1-2-3-8-25-14-6-4-12(5-7-14)10-23-24-16-15(18)9-13(11-22-16)17(19,20)21/h4-7,9-11H,2-3,8H2,1H3,(H,22,24). The van der Waals surface area contributed by atoms with E-state index in [0.29, 0.717) is 12.8 Å². The third kappa shape index (κ3) is 5.94. The Morgan fingerprint density at radius 2 is 2.00 bits per heavy atom. The van der Waals surface area contributed by atoms with Crippen LogP contribution >= 0.6 is 11.6 Å². The van der Waals surface area contributed by atoms with Crippen molar-refractivity contribution in [3.63, 3.8) is 0 Å². The van der Waals surface area contributed by atoms with Crippen LogP contribution in [-0.4, -0.2) is 17.8 Å². The molecule has 0 aliphatic rings. The SMILES string of the molecule is CCCCOc1ccc(C=NNc2ncc(C(F)(F)F)cc2Cl)cc1. The van der Waals surface area contributed by atoms with Crippen molar-refractivity contribution in [3.05, 3.63) is 52.7 Å². The van der Waals surface area contributed by atoms with Crippen molar-refractivity contribution >= 4 is 23.6 Å². The van der Waals surface area contributed by atoms with Gasteiger partial charge >= 0.3 is 6.18 Å². The van der Waals surface area contributed by atoms with Gasteiger partial charge in [-0.25, -0.2) is 4.98 Å². The van der Waals surface area contributed by atoms with Crippen LogP contribution in [0.3, 0.4) is 0 Å². The Hall–Kier alpha value is -2.28. The lowest BCUT2D eigenvalue weighted by atomic mass is 10.2. The fourth-order valence-electron chi connectivity index (χ4n) is 1.83. The first-order chi connectivity index (χ1) is 11.9. The average Bonchev–Trinajstić information content (AvgIpc) is 2.57. The largest absolute Gasteiger partial charge is 0.494 e. The van der Waals surface area contributed by atoms with Crippen molar-refractivity contribution in [1.29, 1.82) is 0 Å². The molecule has 0 aliphatic carbocycles. The van der Waals surface area contributed by atoms with Crippen molar-refractivity contribution < 1.29 is 17.9 Å². The summed E-state index contributed by atoms with van der Waals surface area (Å²) in [6.45, 7) is 2.76. The van der Waals surface area contributed by atoms with E-state index >= 15 is 0 Å². The second-order valence-corrected chi connectivity index (χ2v) is 5.60.